The van der Waals surface area contributed by atoms with Crippen LogP contribution in [-0.2, 0) is 0 Å². The Labute approximate surface area is 111 Å². The number of halogens is 2. The number of nitrogens with zero attached hydrogens (tertiary/aromatic N) is 2. The molecule has 7 heteroatoms. The average Bonchev–Trinajstić information content (AvgIpc) is 2.64. The number of fused-ring (bicyclic) bond motifs is 1. The van der Waals surface area contributed by atoms with E-state index in [-0.39, 0.29) is 24.8 Å². The highest BCUT2D eigenvalue weighted by Crippen LogP contribution is 2.21. The summed E-state index contributed by atoms with van der Waals surface area (Å²) in [6.07, 6.45) is 1.66. The van der Waals surface area contributed by atoms with Gasteiger partial charge in [-0.3, -0.25) is 9.20 Å². The first kappa shape index (κ1) is 12.3. The van der Waals surface area contributed by atoms with E-state index in [4.69, 9.17) is 16.7 Å². The molecule has 0 aliphatic rings. The molecular weight excluding hydrogens is 309 g/mol. The number of hydrogen-bond donors (Lipinski definition) is 2. The molecule has 0 saturated carbocycles. The number of imidazole rings is 1. The Bertz CT molecular complexity index is 570. The maximum atomic E-state index is 11.7. The topological polar surface area (TPSA) is 66.6 Å². The van der Waals surface area contributed by atoms with E-state index >= 15 is 0 Å². The summed E-state index contributed by atoms with van der Waals surface area (Å²) in [5.74, 6) is -0.342. The van der Waals surface area contributed by atoms with Gasteiger partial charge in [0, 0.05) is 12.7 Å². The van der Waals surface area contributed by atoms with Crippen molar-refractivity contribution < 1.29 is 9.90 Å². The normalized spacial score (nSPS) is 10.8. The first-order valence-corrected chi connectivity index (χ1v) is 6.02. The van der Waals surface area contributed by atoms with Gasteiger partial charge in [0.2, 0.25) is 0 Å². The van der Waals surface area contributed by atoms with Crippen LogP contribution in [0.2, 0.25) is 5.02 Å². The predicted octanol–water partition coefficient (Wildman–Crippen LogP) is 1.47. The van der Waals surface area contributed by atoms with Gasteiger partial charge in [-0.25, -0.2) is 4.98 Å². The largest absolute Gasteiger partial charge is 0.395 e. The zero-order valence-corrected chi connectivity index (χ0v) is 11.0. The third-order valence-electron chi connectivity index (χ3n) is 2.14. The molecule has 0 aliphatic carbocycles. The Hall–Kier alpha value is -1.11. The molecular formula is C10H9BrClN3O2. The van der Waals surface area contributed by atoms with Crippen molar-refractivity contribution >= 4 is 39.1 Å². The Kier molecular flexibility index (Phi) is 3.66. The third-order valence-corrected chi connectivity index (χ3v) is 3.12. The fourth-order valence-corrected chi connectivity index (χ4v) is 2.10. The molecule has 0 spiro atoms. The highest BCUT2D eigenvalue weighted by atomic mass is 79.9. The number of pyridine rings is 1. The van der Waals surface area contributed by atoms with Crippen LogP contribution >= 0.6 is 27.5 Å². The molecule has 2 rings (SSSR count). The van der Waals surface area contributed by atoms with Gasteiger partial charge in [0.05, 0.1) is 11.6 Å². The van der Waals surface area contributed by atoms with Crippen LogP contribution in [0, 0.1) is 0 Å². The van der Waals surface area contributed by atoms with Crippen LogP contribution in [-0.4, -0.2) is 33.6 Å². The van der Waals surface area contributed by atoms with Crippen molar-refractivity contribution in [2.45, 2.75) is 0 Å². The third kappa shape index (κ3) is 2.43. The molecule has 90 valence electrons. The number of carbonyl (C=O) groups is 1. The van der Waals surface area contributed by atoms with Crippen molar-refractivity contribution in [3.63, 3.8) is 0 Å². The number of hydrogen-bond acceptors (Lipinski definition) is 3. The molecule has 1 amide bonds. The second-order valence-electron chi connectivity index (χ2n) is 3.31. The van der Waals surface area contributed by atoms with E-state index in [0.717, 1.165) is 0 Å². The van der Waals surface area contributed by atoms with Gasteiger partial charge in [-0.1, -0.05) is 11.6 Å². The van der Waals surface area contributed by atoms with Gasteiger partial charge in [0.25, 0.3) is 5.91 Å². The number of amides is 1. The van der Waals surface area contributed by atoms with E-state index in [2.05, 4.69) is 26.2 Å². The Balaban J connectivity index is 2.42. The van der Waals surface area contributed by atoms with Gasteiger partial charge >= 0.3 is 0 Å². The zero-order chi connectivity index (χ0) is 12.4. The van der Waals surface area contributed by atoms with E-state index in [0.29, 0.717) is 15.3 Å². The number of nitrogens with one attached hydrogen (secondary N) is 1. The van der Waals surface area contributed by atoms with Crippen LogP contribution < -0.4 is 5.32 Å². The second kappa shape index (κ2) is 5.03. The molecule has 0 bridgehead atoms. The van der Waals surface area contributed by atoms with Crippen LogP contribution in [0.1, 0.15) is 10.5 Å². The van der Waals surface area contributed by atoms with Crippen molar-refractivity contribution in [3.05, 3.63) is 33.6 Å². The van der Waals surface area contributed by atoms with E-state index in [9.17, 15) is 4.79 Å². The molecule has 2 heterocycles. The summed E-state index contributed by atoms with van der Waals surface area (Å²) in [7, 11) is 0. The lowest BCUT2D eigenvalue weighted by molar-refractivity contribution is 0.0939. The van der Waals surface area contributed by atoms with Crippen LogP contribution in [0.3, 0.4) is 0 Å². The van der Waals surface area contributed by atoms with Crippen LogP contribution in [0.15, 0.2) is 22.9 Å². The van der Waals surface area contributed by atoms with Gasteiger partial charge in [-0.2, -0.15) is 0 Å². The van der Waals surface area contributed by atoms with Crippen molar-refractivity contribution in [1.82, 2.24) is 14.7 Å². The summed E-state index contributed by atoms with van der Waals surface area (Å²) in [5, 5.41) is 11.7. The van der Waals surface area contributed by atoms with Crippen LogP contribution in [0.25, 0.3) is 5.65 Å². The fraction of sp³-hybridized carbons (Fsp3) is 0.200. The number of aromatic nitrogens is 2. The fourth-order valence-electron chi connectivity index (χ4n) is 1.39. The lowest BCUT2D eigenvalue weighted by atomic mass is 10.4. The van der Waals surface area contributed by atoms with Crippen molar-refractivity contribution in [2.75, 3.05) is 13.2 Å². The highest BCUT2D eigenvalue weighted by Gasteiger charge is 2.16. The molecule has 17 heavy (non-hydrogen) atoms. The van der Waals surface area contributed by atoms with Gasteiger partial charge in [0.1, 0.15) is 10.3 Å². The molecule has 2 N–H and O–H groups in total. The minimum atomic E-state index is -0.342. The standard InChI is InChI=1S/C10H9BrClN3O2/c11-9-8(10(17)13-3-4-16)14-7-2-1-6(12)5-15(7)9/h1-2,5,16H,3-4H2,(H,13,17). The van der Waals surface area contributed by atoms with E-state index < -0.39 is 0 Å². The Morgan fingerprint density at radius 1 is 1.59 bits per heavy atom. The van der Waals surface area contributed by atoms with Crippen molar-refractivity contribution in [2.24, 2.45) is 0 Å². The van der Waals surface area contributed by atoms with Gasteiger partial charge < -0.3 is 10.4 Å². The molecule has 0 radical (unpaired) electrons. The van der Waals surface area contributed by atoms with Gasteiger partial charge in [-0.15, -0.1) is 0 Å². The highest BCUT2D eigenvalue weighted by molar-refractivity contribution is 9.10. The SMILES string of the molecule is O=C(NCCO)c1nc2ccc(Cl)cn2c1Br. The van der Waals surface area contributed by atoms with Crippen molar-refractivity contribution in [1.29, 1.82) is 0 Å². The number of rotatable bonds is 3. The number of carbonyl (C=O) groups excluding carboxylic acids is 1. The minimum Gasteiger partial charge on any atom is -0.395 e. The summed E-state index contributed by atoms with van der Waals surface area (Å²) in [5.41, 5.74) is 0.885. The second-order valence-corrected chi connectivity index (χ2v) is 4.49. The monoisotopic (exact) mass is 317 g/mol. The molecule has 0 saturated heterocycles. The summed E-state index contributed by atoms with van der Waals surface area (Å²) in [6, 6.07) is 3.42. The smallest absolute Gasteiger partial charge is 0.272 e. The first-order chi connectivity index (χ1) is 8.13. The molecule has 2 aromatic heterocycles. The maximum absolute atomic E-state index is 11.7. The zero-order valence-electron chi connectivity index (χ0n) is 8.65. The van der Waals surface area contributed by atoms with Crippen molar-refractivity contribution in [3.8, 4) is 0 Å². The Morgan fingerprint density at radius 2 is 2.35 bits per heavy atom. The Morgan fingerprint density at radius 3 is 3.06 bits per heavy atom. The molecule has 0 unspecified atom stereocenters. The predicted molar refractivity (Wildman–Crippen MR) is 67.3 cm³/mol. The molecule has 0 aromatic carbocycles. The summed E-state index contributed by atoms with van der Waals surface area (Å²) >= 11 is 9.16. The van der Waals surface area contributed by atoms with E-state index in [1.165, 1.54) is 0 Å². The number of aliphatic hydroxyl groups is 1. The van der Waals surface area contributed by atoms with Crippen LogP contribution in [0.5, 0.6) is 0 Å². The quantitative estimate of drug-likeness (QED) is 0.900. The van der Waals surface area contributed by atoms with E-state index in [1.54, 1.807) is 22.7 Å². The van der Waals surface area contributed by atoms with Crippen LogP contribution in [0.4, 0.5) is 0 Å². The van der Waals surface area contributed by atoms with Gasteiger partial charge in [-0.05, 0) is 28.1 Å². The molecule has 2 aromatic rings. The summed E-state index contributed by atoms with van der Waals surface area (Å²) in [4.78, 5) is 15.9. The minimum absolute atomic E-state index is 0.109. The molecule has 0 aliphatic heterocycles. The molecule has 0 fully saturated rings. The first-order valence-electron chi connectivity index (χ1n) is 4.85. The van der Waals surface area contributed by atoms with Gasteiger partial charge in [0.15, 0.2) is 5.69 Å². The molecule has 5 nitrogen and oxygen atoms in total. The summed E-state index contributed by atoms with van der Waals surface area (Å²) < 4.78 is 2.21. The molecule has 0 atom stereocenters. The average molecular weight is 319 g/mol. The van der Waals surface area contributed by atoms with E-state index in [1.807, 2.05) is 0 Å². The maximum Gasteiger partial charge on any atom is 0.272 e. The number of aliphatic hydroxyl groups excluding tert-OH is 1. The summed E-state index contributed by atoms with van der Waals surface area (Å²) in [6.45, 7) is 0.0858. The lowest BCUT2D eigenvalue weighted by Gasteiger charge is -2.00. The lowest BCUT2D eigenvalue weighted by Crippen LogP contribution is -2.26.